The summed E-state index contributed by atoms with van der Waals surface area (Å²) in [5.41, 5.74) is -0.613. The fraction of sp³-hybridized carbons (Fsp3) is 0.286. The second kappa shape index (κ2) is 5.04. The van der Waals surface area contributed by atoms with Crippen LogP contribution in [-0.4, -0.2) is 21.0 Å². The van der Waals surface area contributed by atoms with Gasteiger partial charge >= 0.3 is 12.3 Å². The number of nitrogens with zero attached hydrogens (tertiary/aromatic N) is 2. The van der Waals surface area contributed by atoms with Gasteiger partial charge in [-0.2, -0.15) is 18.3 Å². The van der Waals surface area contributed by atoms with Crippen molar-refractivity contribution in [2.45, 2.75) is 24.9 Å². The summed E-state index contributed by atoms with van der Waals surface area (Å²) < 4.78 is 45.1. The van der Waals surface area contributed by atoms with Gasteiger partial charge in [-0.3, -0.25) is 0 Å². The van der Waals surface area contributed by atoms with Crippen LogP contribution in [0.2, 0.25) is 0 Å². The quantitative estimate of drug-likeness (QED) is 0.875. The number of benzene rings is 1. The first-order valence-corrected chi connectivity index (χ1v) is 6.53. The molecule has 0 amide bonds. The van der Waals surface area contributed by atoms with Crippen molar-refractivity contribution < 1.29 is 27.8 Å². The van der Waals surface area contributed by atoms with Crippen LogP contribution in [0.1, 0.15) is 30.0 Å². The van der Waals surface area contributed by atoms with Crippen molar-refractivity contribution >= 4 is 6.16 Å². The lowest BCUT2D eigenvalue weighted by Gasteiger charge is -2.14. The normalized spacial score (nSPS) is 14.9. The van der Waals surface area contributed by atoms with Crippen molar-refractivity contribution in [1.82, 2.24) is 9.78 Å². The summed E-state index contributed by atoms with van der Waals surface area (Å²) in [6.07, 6.45) is -3.40. The number of para-hydroxylation sites is 1. The molecule has 1 heterocycles. The molecule has 1 aliphatic rings. The van der Waals surface area contributed by atoms with Crippen molar-refractivity contribution in [2.24, 2.45) is 0 Å². The molecule has 0 bridgehead atoms. The average molecular weight is 312 g/mol. The number of alkyl halides is 3. The Morgan fingerprint density at radius 2 is 2.00 bits per heavy atom. The number of ether oxygens (including phenoxy) is 1. The Kier molecular flexibility index (Phi) is 3.31. The number of carboxylic acid groups (broad SMARTS) is 1. The minimum Gasteiger partial charge on any atom is -0.449 e. The third-order valence-corrected chi connectivity index (χ3v) is 3.37. The highest BCUT2D eigenvalue weighted by Crippen LogP contribution is 2.46. The molecule has 0 unspecified atom stereocenters. The van der Waals surface area contributed by atoms with E-state index in [0.717, 1.165) is 29.8 Å². The number of hydrogen-bond acceptors (Lipinski definition) is 3. The zero-order valence-corrected chi connectivity index (χ0v) is 11.2. The van der Waals surface area contributed by atoms with E-state index in [9.17, 15) is 18.0 Å². The summed E-state index contributed by atoms with van der Waals surface area (Å²) in [6.45, 7) is 0. The van der Waals surface area contributed by atoms with E-state index in [4.69, 9.17) is 5.11 Å². The van der Waals surface area contributed by atoms with Gasteiger partial charge in [0, 0.05) is 5.92 Å². The van der Waals surface area contributed by atoms with Crippen LogP contribution in [0.25, 0.3) is 5.69 Å². The first-order valence-electron chi connectivity index (χ1n) is 6.53. The van der Waals surface area contributed by atoms with Crippen LogP contribution < -0.4 is 4.74 Å². The van der Waals surface area contributed by atoms with Crippen LogP contribution in [0.15, 0.2) is 30.5 Å². The maximum Gasteiger partial charge on any atom is 0.511 e. The van der Waals surface area contributed by atoms with E-state index in [0.29, 0.717) is 5.69 Å². The molecule has 0 spiro atoms. The monoisotopic (exact) mass is 312 g/mol. The van der Waals surface area contributed by atoms with E-state index >= 15 is 0 Å². The molecule has 1 fully saturated rings. The fourth-order valence-electron chi connectivity index (χ4n) is 2.34. The summed E-state index contributed by atoms with van der Waals surface area (Å²) in [5, 5.41) is 12.6. The van der Waals surface area contributed by atoms with Gasteiger partial charge in [-0.25, -0.2) is 9.48 Å². The molecular formula is C14H11F3N2O3. The minimum absolute atomic E-state index is 0.0213. The second-order valence-electron chi connectivity index (χ2n) is 4.96. The summed E-state index contributed by atoms with van der Waals surface area (Å²) in [7, 11) is 0. The second-order valence-corrected chi connectivity index (χ2v) is 4.96. The third kappa shape index (κ3) is 2.63. The number of halogens is 3. The summed E-state index contributed by atoms with van der Waals surface area (Å²) in [4.78, 5) is 10.7. The predicted octanol–water partition coefficient (Wildman–Crippen LogP) is 3.83. The smallest absolute Gasteiger partial charge is 0.449 e. The lowest BCUT2D eigenvalue weighted by atomic mass is 10.1. The van der Waals surface area contributed by atoms with E-state index < -0.39 is 17.9 Å². The fourth-order valence-corrected chi connectivity index (χ4v) is 2.34. The van der Waals surface area contributed by atoms with Gasteiger partial charge in [0.05, 0.1) is 23.1 Å². The Hall–Kier alpha value is -2.51. The molecule has 2 aromatic rings. The van der Waals surface area contributed by atoms with Crippen LogP contribution in [0, 0.1) is 0 Å². The molecule has 116 valence electrons. The van der Waals surface area contributed by atoms with Crippen molar-refractivity contribution in [3.8, 4) is 11.4 Å². The maximum atomic E-state index is 13.1. The molecule has 1 aromatic carbocycles. The summed E-state index contributed by atoms with van der Waals surface area (Å²) in [6, 6.07) is 5.03. The molecule has 1 saturated carbocycles. The number of hydrogen-bond donors (Lipinski definition) is 1. The molecule has 22 heavy (non-hydrogen) atoms. The standard InChI is InChI=1S/C14H11F3N2O3/c15-14(16,17)9-3-1-2-4-10(9)19-12(8-5-6-8)11(7-18-19)22-13(20)21/h1-4,7-8H,5-6H2,(H,20,21). The average Bonchev–Trinajstić information content (AvgIpc) is 3.19. The zero-order chi connectivity index (χ0) is 15.9. The first-order chi connectivity index (χ1) is 10.4. The Labute approximate surface area is 122 Å². The van der Waals surface area contributed by atoms with Gasteiger partial charge in [-0.1, -0.05) is 12.1 Å². The molecule has 8 heteroatoms. The Morgan fingerprint density at radius 3 is 2.59 bits per heavy atom. The Morgan fingerprint density at radius 1 is 1.32 bits per heavy atom. The molecule has 0 aliphatic heterocycles. The molecule has 1 aliphatic carbocycles. The zero-order valence-electron chi connectivity index (χ0n) is 11.2. The molecule has 1 aromatic heterocycles. The highest BCUT2D eigenvalue weighted by molar-refractivity contribution is 5.62. The van der Waals surface area contributed by atoms with Crippen molar-refractivity contribution in [1.29, 1.82) is 0 Å². The Balaban J connectivity index is 2.14. The van der Waals surface area contributed by atoms with Gasteiger partial charge in [0.15, 0.2) is 5.75 Å². The largest absolute Gasteiger partial charge is 0.511 e. The molecule has 0 radical (unpaired) electrons. The molecule has 1 N–H and O–H groups in total. The molecule has 5 nitrogen and oxygen atoms in total. The molecule has 0 atom stereocenters. The van der Waals surface area contributed by atoms with Crippen LogP contribution >= 0.6 is 0 Å². The van der Waals surface area contributed by atoms with Crippen LogP contribution in [0.3, 0.4) is 0 Å². The number of aromatic nitrogens is 2. The van der Waals surface area contributed by atoms with Gasteiger partial charge in [0.25, 0.3) is 0 Å². The van der Waals surface area contributed by atoms with Crippen LogP contribution in [-0.2, 0) is 6.18 Å². The topological polar surface area (TPSA) is 64.3 Å². The summed E-state index contributed by atoms with van der Waals surface area (Å²) >= 11 is 0. The van der Waals surface area contributed by atoms with Crippen LogP contribution in [0.5, 0.6) is 5.75 Å². The van der Waals surface area contributed by atoms with E-state index in [1.165, 1.54) is 18.2 Å². The van der Waals surface area contributed by atoms with E-state index in [2.05, 4.69) is 9.84 Å². The number of carbonyl (C=O) groups is 1. The lowest BCUT2D eigenvalue weighted by molar-refractivity contribution is -0.137. The molecular weight excluding hydrogens is 301 g/mol. The molecule has 3 rings (SSSR count). The summed E-state index contributed by atoms with van der Waals surface area (Å²) in [5.74, 6) is -0.0647. The van der Waals surface area contributed by atoms with Gasteiger partial charge in [-0.15, -0.1) is 0 Å². The highest BCUT2D eigenvalue weighted by Gasteiger charge is 2.37. The van der Waals surface area contributed by atoms with E-state index in [1.807, 2.05) is 0 Å². The van der Waals surface area contributed by atoms with E-state index in [-0.39, 0.29) is 17.4 Å². The molecule has 0 saturated heterocycles. The van der Waals surface area contributed by atoms with Gasteiger partial charge in [0.1, 0.15) is 0 Å². The van der Waals surface area contributed by atoms with Crippen LogP contribution in [0.4, 0.5) is 18.0 Å². The van der Waals surface area contributed by atoms with Crippen molar-refractivity contribution in [2.75, 3.05) is 0 Å². The minimum atomic E-state index is -4.53. The highest BCUT2D eigenvalue weighted by atomic mass is 19.4. The predicted molar refractivity (Wildman–Crippen MR) is 69.2 cm³/mol. The van der Waals surface area contributed by atoms with Gasteiger partial charge in [0.2, 0.25) is 0 Å². The van der Waals surface area contributed by atoms with Crippen molar-refractivity contribution in [3.05, 3.63) is 41.7 Å². The first kappa shape index (κ1) is 14.4. The van der Waals surface area contributed by atoms with E-state index in [1.54, 1.807) is 0 Å². The van der Waals surface area contributed by atoms with Crippen molar-refractivity contribution in [3.63, 3.8) is 0 Å². The SMILES string of the molecule is O=C(O)Oc1cnn(-c2ccccc2C(F)(F)F)c1C1CC1. The lowest BCUT2D eigenvalue weighted by Crippen LogP contribution is -2.13. The van der Waals surface area contributed by atoms with Gasteiger partial charge in [-0.05, 0) is 25.0 Å². The third-order valence-electron chi connectivity index (χ3n) is 3.37. The van der Waals surface area contributed by atoms with Gasteiger partial charge < -0.3 is 9.84 Å². The Bertz CT molecular complexity index is 720. The number of rotatable bonds is 3. The maximum absolute atomic E-state index is 13.1.